The van der Waals surface area contributed by atoms with Crippen molar-refractivity contribution in [3.63, 3.8) is 0 Å². The predicted octanol–water partition coefficient (Wildman–Crippen LogP) is 10.5. The van der Waals surface area contributed by atoms with Gasteiger partial charge in [0.25, 0.3) is 0 Å². The van der Waals surface area contributed by atoms with Gasteiger partial charge in [0.2, 0.25) is 0 Å². The molecule has 0 aliphatic heterocycles. The van der Waals surface area contributed by atoms with E-state index in [4.69, 9.17) is 15.0 Å². The van der Waals surface area contributed by atoms with E-state index < -0.39 is 0 Å². The summed E-state index contributed by atoms with van der Waals surface area (Å²) in [7, 11) is 0. The molecule has 0 N–H and O–H groups in total. The summed E-state index contributed by atoms with van der Waals surface area (Å²) in [5, 5.41) is 5.59. The Hall–Kier alpha value is -6.26. The van der Waals surface area contributed by atoms with E-state index in [1.807, 2.05) is 36.5 Å². The topological polar surface area (TPSA) is 51.6 Å². The van der Waals surface area contributed by atoms with Gasteiger partial charge in [-0.1, -0.05) is 115 Å². The molecule has 0 bridgehead atoms. The Kier molecular flexibility index (Phi) is 6.10. The molecule has 0 aliphatic carbocycles. The van der Waals surface area contributed by atoms with E-state index in [2.05, 4.69) is 120 Å². The van der Waals surface area contributed by atoms with E-state index in [9.17, 15) is 0 Å². The molecule has 0 saturated heterocycles. The second kappa shape index (κ2) is 10.7. The fourth-order valence-corrected chi connectivity index (χ4v) is 6.49. The van der Waals surface area contributed by atoms with E-state index >= 15 is 0 Å². The second-order valence-electron chi connectivity index (χ2n) is 11.5. The van der Waals surface area contributed by atoms with Crippen LogP contribution in [-0.2, 0) is 0 Å². The van der Waals surface area contributed by atoms with Crippen LogP contribution >= 0.6 is 0 Å². The van der Waals surface area contributed by atoms with Gasteiger partial charge in [0.05, 0.1) is 33.6 Å². The Bertz CT molecular complexity index is 2560. The predicted molar refractivity (Wildman–Crippen MR) is 189 cm³/mol. The minimum atomic E-state index is 0.910. The number of fused-ring (bicyclic) bond motifs is 6. The maximum absolute atomic E-state index is 5.17. The Morgan fingerprint density at radius 3 is 1.72 bits per heavy atom. The van der Waals surface area contributed by atoms with Crippen molar-refractivity contribution >= 4 is 43.5 Å². The average molecular weight is 587 g/mol. The molecule has 0 radical (unpaired) electrons. The van der Waals surface area contributed by atoms with Gasteiger partial charge in [-0.05, 0) is 41.5 Å². The average Bonchev–Trinajstić information content (AvgIpc) is 3.14. The van der Waals surface area contributed by atoms with Gasteiger partial charge >= 0.3 is 0 Å². The highest BCUT2D eigenvalue weighted by atomic mass is 14.8. The summed E-state index contributed by atoms with van der Waals surface area (Å²) < 4.78 is 0. The molecule has 4 aromatic heterocycles. The molecule has 46 heavy (non-hydrogen) atoms. The largest absolute Gasteiger partial charge is 0.264 e. The van der Waals surface area contributed by atoms with Crippen molar-refractivity contribution in [1.29, 1.82) is 0 Å². The first kappa shape index (κ1) is 26.2. The third kappa shape index (κ3) is 4.39. The monoisotopic (exact) mass is 586 g/mol. The Morgan fingerprint density at radius 2 is 1.00 bits per heavy atom. The summed E-state index contributed by atoms with van der Waals surface area (Å²) in [6.07, 6.45) is 3.68. The Morgan fingerprint density at radius 1 is 0.391 bits per heavy atom. The van der Waals surface area contributed by atoms with Crippen molar-refractivity contribution in [2.75, 3.05) is 0 Å². The maximum atomic E-state index is 5.17. The zero-order valence-corrected chi connectivity index (χ0v) is 24.8. The molecular formula is C42H26N4. The van der Waals surface area contributed by atoms with E-state index in [1.165, 1.54) is 10.9 Å². The van der Waals surface area contributed by atoms with Crippen LogP contribution in [0.25, 0.3) is 88.4 Å². The second-order valence-corrected chi connectivity index (χ2v) is 11.5. The van der Waals surface area contributed by atoms with Crippen LogP contribution in [0.5, 0.6) is 0 Å². The van der Waals surface area contributed by atoms with Crippen molar-refractivity contribution in [2.45, 2.75) is 0 Å². The highest BCUT2D eigenvalue weighted by molar-refractivity contribution is 6.17. The number of pyridine rings is 4. The molecule has 0 spiro atoms. The number of rotatable bonds is 4. The third-order valence-corrected chi connectivity index (χ3v) is 8.74. The highest BCUT2D eigenvalue weighted by Crippen LogP contribution is 2.39. The van der Waals surface area contributed by atoms with Gasteiger partial charge in [-0.3, -0.25) is 4.98 Å². The Balaban J connectivity index is 1.17. The molecule has 214 valence electrons. The lowest BCUT2D eigenvalue weighted by Gasteiger charge is -2.14. The van der Waals surface area contributed by atoms with Crippen LogP contribution in [0.4, 0.5) is 0 Å². The first-order valence-electron chi connectivity index (χ1n) is 15.4. The lowest BCUT2D eigenvalue weighted by molar-refractivity contribution is 1.31. The molecule has 4 nitrogen and oxygen atoms in total. The van der Waals surface area contributed by atoms with Crippen molar-refractivity contribution in [2.24, 2.45) is 0 Å². The van der Waals surface area contributed by atoms with E-state index in [1.54, 1.807) is 6.20 Å². The fraction of sp³-hybridized carbons (Fsp3) is 0. The van der Waals surface area contributed by atoms with Crippen LogP contribution in [0.1, 0.15) is 0 Å². The maximum Gasteiger partial charge on any atom is 0.0972 e. The van der Waals surface area contributed by atoms with Crippen LogP contribution in [0, 0.1) is 0 Å². The number of aromatic nitrogens is 4. The lowest BCUT2D eigenvalue weighted by atomic mass is 9.92. The minimum absolute atomic E-state index is 0.910. The van der Waals surface area contributed by atoms with Crippen LogP contribution < -0.4 is 0 Å². The van der Waals surface area contributed by atoms with Gasteiger partial charge in [-0.25, -0.2) is 15.0 Å². The summed E-state index contributed by atoms with van der Waals surface area (Å²) in [6, 6.07) is 50.6. The number of nitrogens with zero attached hydrogens (tertiary/aromatic N) is 4. The third-order valence-electron chi connectivity index (χ3n) is 8.74. The van der Waals surface area contributed by atoms with Crippen LogP contribution in [-0.4, -0.2) is 19.9 Å². The summed E-state index contributed by atoms with van der Waals surface area (Å²) in [4.78, 5) is 19.7. The summed E-state index contributed by atoms with van der Waals surface area (Å²) in [5.41, 5.74) is 11.1. The molecule has 9 aromatic rings. The van der Waals surface area contributed by atoms with Crippen LogP contribution in [0.3, 0.4) is 0 Å². The SMILES string of the molecule is c1ccc(-c2ccc3ccc4ccc(-c5ccc(-c6cccc7c(-c8cccnc8)nc8ccccc8c67)cc5)nc4c3n2)cc1. The summed E-state index contributed by atoms with van der Waals surface area (Å²) in [5.74, 6) is 0. The number of benzene rings is 5. The molecule has 0 atom stereocenters. The van der Waals surface area contributed by atoms with Crippen molar-refractivity contribution < 1.29 is 0 Å². The number of hydrogen-bond acceptors (Lipinski definition) is 4. The molecule has 9 rings (SSSR count). The van der Waals surface area contributed by atoms with E-state index in [0.29, 0.717) is 0 Å². The molecule has 0 amide bonds. The molecular weight excluding hydrogens is 560 g/mol. The molecule has 0 unspecified atom stereocenters. The zero-order valence-electron chi connectivity index (χ0n) is 24.8. The van der Waals surface area contributed by atoms with Crippen LogP contribution in [0.15, 0.2) is 158 Å². The fourth-order valence-electron chi connectivity index (χ4n) is 6.49. The van der Waals surface area contributed by atoms with Gasteiger partial charge in [-0.15, -0.1) is 0 Å². The van der Waals surface area contributed by atoms with Gasteiger partial charge in [-0.2, -0.15) is 0 Å². The number of para-hydroxylation sites is 1. The molecule has 0 fully saturated rings. The minimum Gasteiger partial charge on any atom is -0.264 e. The smallest absolute Gasteiger partial charge is 0.0972 e. The molecule has 4 heteroatoms. The first-order valence-corrected chi connectivity index (χ1v) is 15.4. The quantitative estimate of drug-likeness (QED) is 0.193. The van der Waals surface area contributed by atoms with Gasteiger partial charge in [0.1, 0.15) is 0 Å². The Labute approximate surface area is 265 Å². The molecule has 4 heterocycles. The van der Waals surface area contributed by atoms with E-state index in [-0.39, 0.29) is 0 Å². The van der Waals surface area contributed by atoms with Crippen molar-refractivity contribution in [3.8, 4) is 44.9 Å². The molecule has 5 aromatic carbocycles. The van der Waals surface area contributed by atoms with Crippen LogP contribution in [0.2, 0.25) is 0 Å². The van der Waals surface area contributed by atoms with E-state index in [0.717, 1.165) is 77.4 Å². The lowest BCUT2D eigenvalue weighted by Crippen LogP contribution is -1.92. The summed E-state index contributed by atoms with van der Waals surface area (Å²) >= 11 is 0. The van der Waals surface area contributed by atoms with Gasteiger partial charge in [0.15, 0.2) is 0 Å². The first-order chi connectivity index (χ1) is 22.8. The number of hydrogen-bond donors (Lipinski definition) is 0. The standard InChI is InChI=1S/C42H26N4/c1-2-8-28(9-3-1)36-23-21-30-19-20-31-22-24-37(45-42(31)41(30)44-36)29-17-15-27(16-18-29)33-12-6-13-35-39(33)34-11-4-5-14-38(34)46-40(35)32-10-7-25-43-26-32/h1-26H. The van der Waals surface area contributed by atoms with Crippen molar-refractivity contribution in [1.82, 2.24) is 19.9 Å². The highest BCUT2D eigenvalue weighted by Gasteiger charge is 2.15. The summed E-state index contributed by atoms with van der Waals surface area (Å²) in [6.45, 7) is 0. The van der Waals surface area contributed by atoms with Gasteiger partial charge in [0, 0.05) is 56.0 Å². The normalized spacial score (nSPS) is 11.5. The van der Waals surface area contributed by atoms with Gasteiger partial charge < -0.3 is 0 Å². The molecule has 0 saturated carbocycles. The van der Waals surface area contributed by atoms with Crippen molar-refractivity contribution in [3.05, 3.63) is 158 Å². The zero-order chi connectivity index (χ0) is 30.5. The molecule has 0 aliphatic rings.